The third kappa shape index (κ3) is 3.15. The lowest BCUT2D eigenvalue weighted by Gasteiger charge is -2.25. The minimum Gasteiger partial charge on any atom is -0.486 e. The van der Waals surface area contributed by atoms with Crippen molar-refractivity contribution < 1.29 is 14.3 Å². The second kappa shape index (κ2) is 6.43. The van der Waals surface area contributed by atoms with E-state index in [-0.39, 0.29) is 5.91 Å². The summed E-state index contributed by atoms with van der Waals surface area (Å²) in [4.78, 5) is 12.7. The maximum absolute atomic E-state index is 12.7. The van der Waals surface area contributed by atoms with Crippen LogP contribution in [0.15, 0.2) is 48.5 Å². The molecule has 0 bridgehead atoms. The minimum absolute atomic E-state index is 0.0157. The third-order valence-electron chi connectivity index (χ3n) is 4.18. The maximum Gasteiger partial charge on any atom is 0.247 e. The van der Waals surface area contributed by atoms with Crippen LogP contribution in [0.4, 0.5) is 5.69 Å². The number of carbonyl (C=O) groups is 1. The monoisotopic (exact) mass is 324 g/mol. The molecule has 1 aliphatic heterocycles. The first-order valence-corrected chi connectivity index (χ1v) is 8.32. The number of para-hydroxylation sites is 1. The van der Waals surface area contributed by atoms with Gasteiger partial charge in [0.05, 0.1) is 5.69 Å². The first-order chi connectivity index (χ1) is 11.8. The lowest BCUT2D eigenvalue weighted by Crippen LogP contribution is -2.35. The zero-order valence-electron chi connectivity index (χ0n) is 13.3. The summed E-state index contributed by atoms with van der Waals surface area (Å²) in [6.45, 7) is 1.05. The summed E-state index contributed by atoms with van der Waals surface area (Å²) < 4.78 is 11.4. The Bertz CT molecular complexity index is 729. The van der Waals surface area contributed by atoms with Gasteiger partial charge in [-0.05, 0) is 30.5 Å². The van der Waals surface area contributed by atoms with Crippen molar-refractivity contribution in [3.8, 4) is 11.5 Å². The number of anilines is 1. The summed E-state index contributed by atoms with van der Waals surface area (Å²) in [6.07, 6.45) is 2.12. The normalized spacial score (nSPS) is 17.0. The lowest BCUT2D eigenvalue weighted by atomic mass is 10.1. The Morgan fingerprint density at radius 2 is 1.79 bits per heavy atom. The molecule has 1 heterocycles. The molecule has 5 heteroatoms. The molecule has 0 radical (unpaired) electrons. The summed E-state index contributed by atoms with van der Waals surface area (Å²) in [6, 6.07) is 15.3. The number of ether oxygens (including phenoxy) is 2. The molecular weight excluding hydrogens is 304 g/mol. The van der Waals surface area contributed by atoms with E-state index in [4.69, 9.17) is 9.47 Å². The van der Waals surface area contributed by atoms with Crippen molar-refractivity contribution in [2.24, 2.45) is 0 Å². The molecule has 5 nitrogen and oxygen atoms in total. The molecule has 1 unspecified atom stereocenters. The molecule has 4 rings (SSSR count). The smallest absolute Gasteiger partial charge is 0.247 e. The van der Waals surface area contributed by atoms with E-state index in [1.165, 1.54) is 0 Å². The number of amides is 1. The molecule has 1 saturated carbocycles. The van der Waals surface area contributed by atoms with Crippen molar-refractivity contribution in [1.29, 1.82) is 0 Å². The fraction of sp³-hybridized carbons (Fsp3) is 0.316. The Hall–Kier alpha value is -2.69. The number of hydrogen-bond donors (Lipinski definition) is 2. The van der Waals surface area contributed by atoms with Crippen molar-refractivity contribution >= 4 is 11.6 Å². The average molecular weight is 324 g/mol. The largest absolute Gasteiger partial charge is 0.486 e. The van der Waals surface area contributed by atoms with E-state index < -0.39 is 6.04 Å². The first-order valence-electron chi connectivity index (χ1n) is 8.32. The van der Waals surface area contributed by atoms with Crippen molar-refractivity contribution in [3.63, 3.8) is 0 Å². The molecule has 1 fully saturated rings. The predicted octanol–water partition coefficient (Wildman–Crippen LogP) is 2.89. The van der Waals surface area contributed by atoms with Gasteiger partial charge in [0.15, 0.2) is 11.5 Å². The maximum atomic E-state index is 12.7. The van der Waals surface area contributed by atoms with E-state index in [9.17, 15) is 4.79 Å². The molecule has 2 aromatic carbocycles. The number of fused-ring (bicyclic) bond motifs is 1. The van der Waals surface area contributed by atoms with Gasteiger partial charge in [0.1, 0.15) is 19.3 Å². The molecular formula is C19H20N2O3. The average Bonchev–Trinajstić information content (AvgIpc) is 3.44. The highest BCUT2D eigenvalue weighted by Crippen LogP contribution is 2.39. The van der Waals surface area contributed by atoms with Gasteiger partial charge in [0, 0.05) is 6.04 Å². The van der Waals surface area contributed by atoms with E-state index in [1.807, 2.05) is 48.5 Å². The highest BCUT2D eigenvalue weighted by Gasteiger charge is 2.29. The third-order valence-corrected chi connectivity index (χ3v) is 4.18. The van der Waals surface area contributed by atoms with Crippen LogP contribution in [0, 0.1) is 0 Å². The fourth-order valence-electron chi connectivity index (χ4n) is 2.80. The van der Waals surface area contributed by atoms with Crippen LogP contribution in [0.3, 0.4) is 0 Å². The summed E-state index contributed by atoms with van der Waals surface area (Å²) >= 11 is 0. The van der Waals surface area contributed by atoms with E-state index in [2.05, 4.69) is 10.6 Å². The molecule has 0 spiro atoms. The van der Waals surface area contributed by atoms with E-state index in [0.717, 1.165) is 24.1 Å². The van der Waals surface area contributed by atoms with Crippen LogP contribution < -0.4 is 20.1 Å². The molecule has 2 aromatic rings. The van der Waals surface area contributed by atoms with Gasteiger partial charge in [0.2, 0.25) is 5.91 Å². The highest BCUT2D eigenvalue weighted by atomic mass is 16.6. The number of nitrogens with one attached hydrogen (secondary N) is 2. The minimum atomic E-state index is -0.469. The summed E-state index contributed by atoms with van der Waals surface area (Å²) in [5.74, 6) is 1.36. The number of hydrogen-bond acceptors (Lipinski definition) is 4. The van der Waals surface area contributed by atoms with Crippen LogP contribution in [0.1, 0.15) is 24.4 Å². The van der Waals surface area contributed by atoms with Gasteiger partial charge >= 0.3 is 0 Å². The van der Waals surface area contributed by atoms with Crippen LogP contribution in [0.25, 0.3) is 0 Å². The number of carbonyl (C=O) groups excluding carboxylic acids is 1. The molecule has 0 saturated heterocycles. The highest BCUT2D eigenvalue weighted by molar-refractivity contribution is 5.87. The molecule has 124 valence electrons. The Balaban J connectivity index is 1.63. The molecule has 2 aliphatic rings. The Morgan fingerprint density at radius 1 is 1.00 bits per heavy atom. The van der Waals surface area contributed by atoms with Gasteiger partial charge < -0.3 is 20.1 Å². The van der Waals surface area contributed by atoms with Crippen molar-refractivity contribution in [3.05, 3.63) is 54.1 Å². The quantitative estimate of drug-likeness (QED) is 0.888. The molecule has 1 amide bonds. The Labute approximate surface area is 141 Å². The first kappa shape index (κ1) is 14.9. The van der Waals surface area contributed by atoms with Gasteiger partial charge in [-0.1, -0.05) is 36.4 Å². The fourth-order valence-corrected chi connectivity index (χ4v) is 2.80. The number of rotatable bonds is 5. The van der Waals surface area contributed by atoms with Gasteiger partial charge in [-0.15, -0.1) is 0 Å². The summed E-state index contributed by atoms with van der Waals surface area (Å²) in [7, 11) is 0. The zero-order chi connectivity index (χ0) is 16.4. The van der Waals surface area contributed by atoms with Crippen LogP contribution >= 0.6 is 0 Å². The van der Waals surface area contributed by atoms with Crippen molar-refractivity contribution in [1.82, 2.24) is 5.32 Å². The van der Waals surface area contributed by atoms with Gasteiger partial charge in [-0.25, -0.2) is 0 Å². The molecule has 24 heavy (non-hydrogen) atoms. The van der Waals surface area contributed by atoms with Crippen LogP contribution in [0.5, 0.6) is 11.5 Å². The van der Waals surface area contributed by atoms with E-state index in [1.54, 1.807) is 0 Å². The zero-order valence-corrected chi connectivity index (χ0v) is 13.3. The van der Waals surface area contributed by atoms with Crippen molar-refractivity contribution in [2.45, 2.75) is 24.9 Å². The van der Waals surface area contributed by atoms with Gasteiger partial charge in [-0.2, -0.15) is 0 Å². The molecule has 0 aromatic heterocycles. The topological polar surface area (TPSA) is 59.6 Å². The summed E-state index contributed by atoms with van der Waals surface area (Å²) in [5, 5.41) is 6.42. The molecule has 1 atom stereocenters. The van der Waals surface area contributed by atoms with Gasteiger partial charge in [0.25, 0.3) is 0 Å². The Kier molecular flexibility index (Phi) is 3.99. The van der Waals surface area contributed by atoms with Crippen LogP contribution in [-0.4, -0.2) is 25.2 Å². The second-order valence-electron chi connectivity index (χ2n) is 6.10. The molecule has 2 N–H and O–H groups in total. The van der Waals surface area contributed by atoms with Crippen LogP contribution in [-0.2, 0) is 4.79 Å². The second-order valence-corrected chi connectivity index (χ2v) is 6.10. The SMILES string of the molecule is O=C(NC1CC1)C(Nc1cccc2c1OCCO2)c1ccccc1. The Morgan fingerprint density at radius 3 is 2.58 bits per heavy atom. The molecule has 1 aliphatic carbocycles. The van der Waals surface area contributed by atoms with E-state index >= 15 is 0 Å². The van der Waals surface area contributed by atoms with Crippen LogP contribution in [0.2, 0.25) is 0 Å². The predicted molar refractivity (Wildman–Crippen MR) is 91.4 cm³/mol. The van der Waals surface area contributed by atoms with E-state index in [0.29, 0.717) is 30.8 Å². The lowest BCUT2D eigenvalue weighted by molar-refractivity contribution is -0.122. The van der Waals surface area contributed by atoms with Crippen molar-refractivity contribution in [2.75, 3.05) is 18.5 Å². The summed E-state index contributed by atoms with van der Waals surface area (Å²) in [5.41, 5.74) is 1.69. The standard InChI is InChI=1S/C19H20N2O3/c22-19(20-14-9-10-14)17(13-5-2-1-3-6-13)21-15-7-4-8-16-18(15)24-12-11-23-16/h1-8,14,17,21H,9-12H2,(H,20,22). The van der Waals surface area contributed by atoms with Gasteiger partial charge in [-0.3, -0.25) is 4.79 Å². The number of benzene rings is 2.